The first-order chi connectivity index (χ1) is 16.1. The van der Waals surface area contributed by atoms with Crippen molar-refractivity contribution in [1.82, 2.24) is 9.71 Å². The van der Waals surface area contributed by atoms with Crippen LogP contribution >= 0.6 is 11.3 Å². The molecule has 0 radical (unpaired) electrons. The van der Waals surface area contributed by atoms with Crippen LogP contribution in [0.5, 0.6) is 0 Å². The average molecular weight is 491 g/mol. The van der Waals surface area contributed by atoms with Gasteiger partial charge in [0.2, 0.25) is 10.0 Å². The lowest BCUT2D eigenvalue weighted by atomic mass is 9.86. The number of hydrogen-bond acceptors (Lipinski definition) is 6. The Morgan fingerprint density at radius 1 is 1.09 bits per heavy atom. The van der Waals surface area contributed by atoms with E-state index in [0.29, 0.717) is 28.2 Å². The normalized spacial score (nSPS) is 13.0. The van der Waals surface area contributed by atoms with Crippen LogP contribution in [0.3, 0.4) is 0 Å². The Bertz CT molecular complexity index is 1460. The highest BCUT2D eigenvalue weighted by Crippen LogP contribution is 2.35. The van der Waals surface area contributed by atoms with Gasteiger partial charge < -0.3 is 5.73 Å². The Morgan fingerprint density at radius 3 is 2.53 bits per heavy atom. The predicted octanol–water partition coefficient (Wildman–Crippen LogP) is 5.31. The molecule has 0 aliphatic rings. The maximum atomic E-state index is 13.7. The molecule has 34 heavy (non-hydrogen) atoms. The molecule has 0 spiro atoms. The van der Waals surface area contributed by atoms with Gasteiger partial charge in [-0.25, -0.2) is 18.1 Å². The summed E-state index contributed by atoms with van der Waals surface area (Å²) in [7, 11) is -3.95. The summed E-state index contributed by atoms with van der Waals surface area (Å²) in [4.78, 5) is 4.88. The van der Waals surface area contributed by atoms with Gasteiger partial charge in [0, 0.05) is 11.3 Å². The van der Waals surface area contributed by atoms with Gasteiger partial charge in [0.1, 0.15) is 5.01 Å². The zero-order chi connectivity index (χ0) is 24.5. The highest BCUT2D eigenvalue weighted by atomic mass is 32.2. The minimum Gasteiger partial charge on any atom is -0.398 e. The minimum absolute atomic E-state index is 0.164. The summed E-state index contributed by atoms with van der Waals surface area (Å²) >= 11 is 1.46. The molecule has 0 saturated carbocycles. The van der Waals surface area contributed by atoms with Crippen molar-refractivity contribution in [2.45, 2.75) is 43.5 Å². The third kappa shape index (κ3) is 4.97. The summed E-state index contributed by atoms with van der Waals surface area (Å²) in [5.74, 6) is 0. The van der Waals surface area contributed by atoms with Crippen molar-refractivity contribution >= 4 is 37.3 Å². The summed E-state index contributed by atoms with van der Waals surface area (Å²) in [6.07, 6.45) is 0.349. The molecule has 0 aliphatic heterocycles. The van der Waals surface area contributed by atoms with E-state index < -0.39 is 21.5 Å². The molecule has 6 nitrogen and oxygen atoms in total. The number of nitriles is 1. The van der Waals surface area contributed by atoms with Crippen LogP contribution in [0.1, 0.15) is 48.5 Å². The molecule has 8 heteroatoms. The van der Waals surface area contributed by atoms with Gasteiger partial charge in [0.25, 0.3) is 0 Å². The molecule has 1 heterocycles. The smallest absolute Gasteiger partial charge is 0.241 e. The minimum atomic E-state index is -3.95. The number of nitrogens with two attached hydrogens (primary N) is 1. The second kappa shape index (κ2) is 9.18. The lowest BCUT2D eigenvalue weighted by molar-refractivity contribution is 0.540. The Hall–Kier alpha value is -3.25. The molecule has 0 amide bonds. The van der Waals surface area contributed by atoms with E-state index >= 15 is 0 Å². The fraction of sp³-hybridized carbons (Fsp3) is 0.231. The third-order valence-electron chi connectivity index (χ3n) is 5.50. The molecule has 0 saturated heterocycles. The molecule has 1 aromatic heterocycles. The second-order valence-corrected chi connectivity index (χ2v) is 11.9. The summed E-state index contributed by atoms with van der Waals surface area (Å²) in [6.45, 7) is 5.82. The van der Waals surface area contributed by atoms with Gasteiger partial charge in [-0.2, -0.15) is 5.26 Å². The molecule has 174 valence electrons. The molecule has 0 bridgehead atoms. The molecule has 1 atom stereocenters. The fourth-order valence-corrected chi connectivity index (χ4v) is 6.79. The van der Waals surface area contributed by atoms with Crippen molar-refractivity contribution in [3.63, 3.8) is 0 Å². The molecule has 3 N–H and O–H groups in total. The highest BCUT2D eigenvalue weighted by Gasteiger charge is 2.31. The number of nitrogens with zero attached hydrogens (tertiary/aromatic N) is 2. The fourth-order valence-electron chi connectivity index (χ4n) is 4.05. The van der Waals surface area contributed by atoms with Gasteiger partial charge in [-0.05, 0) is 53.8 Å². The molecule has 4 rings (SSSR count). The number of thiazole rings is 1. The van der Waals surface area contributed by atoms with E-state index in [0.717, 1.165) is 15.8 Å². The molecule has 0 fully saturated rings. The zero-order valence-corrected chi connectivity index (χ0v) is 20.9. The number of hydrogen-bond donors (Lipinski definition) is 2. The summed E-state index contributed by atoms with van der Waals surface area (Å²) in [5, 5.41) is 9.95. The van der Waals surface area contributed by atoms with E-state index in [1.165, 1.54) is 11.3 Å². The predicted molar refractivity (Wildman–Crippen MR) is 137 cm³/mol. The Morgan fingerprint density at radius 2 is 1.82 bits per heavy atom. The van der Waals surface area contributed by atoms with E-state index in [1.807, 2.05) is 51.1 Å². The van der Waals surface area contributed by atoms with Gasteiger partial charge >= 0.3 is 0 Å². The first-order valence-corrected chi connectivity index (χ1v) is 13.1. The lowest BCUT2D eigenvalue weighted by Gasteiger charge is -2.26. The molecule has 0 aliphatic carbocycles. The molecular weight excluding hydrogens is 464 g/mol. The van der Waals surface area contributed by atoms with E-state index in [9.17, 15) is 13.7 Å². The Kier molecular flexibility index (Phi) is 6.45. The summed E-state index contributed by atoms with van der Waals surface area (Å²) in [6, 6.07) is 21.4. The van der Waals surface area contributed by atoms with Crippen LogP contribution in [0.2, 0.25) is 0 Å². The second-order valence-electron chi connectivity index (χ2n) is 9.18. The highest BCUT2D eigenvalue weighted by molar-refractivity contribution is 7.89. The number of nitrogens with one attached hydrogen (secondary N) is 1. The summed E-state index contributed by atoms with van der Waals surface area (Å²) < 4.78 is 31.3. The number of aromatic nitrogens is 1. The number of anilines is 1. The van der Waals surface area contributed by atoms with Crippen LogP contribution < -0.4 is 10.5 Å². The van der Waals surface area contributed by atoms with Crippen molar-refractivity contribution < 1.29 is 8.42 Å². The maximum Gasteiger partial charge on any atom is 0.241 e. The molecule has 4 aromatic rings. The van der Waals surface area contributed by atoms with Gasteiger partial charge in [-0.3, -0.25) is 0 Å². The maximum absolute atomic E-state index is 13.7. The van der Waals surface area contributed by atoms with Crippen molar-refractivity contribution in [3.8, 4) is 6.07 Å². The van der Waals surface area contributed by atoms with E-state index in [-0.39, 0.29) is 4.90 Å². The van der Waals surface area contributed by atoms with Gasteiger partial charge in [0.05, 0.1) is 32.8 Å². The number of rotatable bonds is 6. The van der Waals surface area contributed by atoms with Crippen molar-refractivity contribution in [2.24, 2.45) is 0 Å². The van der Waals surface area contributed by atoms with Crippen LogP contribution in [-0.2, 0) is 21.9 Å². The SMILES string of the molecule is CC(C)(C)c1c(N)cccc1S(=O)(=O)NC(Cc1cccc(C#N)c1)c1nc2ccccc2s1. The van der Waals surface area contributed by atoms with Gasteiger partial charge in [-0.15, -0.1) is 11.3 Å². The van der Waals surface area contributed by atoms with Crippen molar-refractivity contribution in [3.05, 3.63) is 88.4 Å². The number of para-hydroxylation sites is 1. The number of fused-ring (bicyclic) bond motifs is 1. The lowest BCUT2D eigenvalue weighted by Crippen LogP contribution is -2.32. The number of sulfonamides is 1. The third-order valence-corrected chi connectivity index (χ3v) is 8.16. The molecule has 3 aromatic carbocycles. The zero-order valence-electron chi connectivity index (χ0n) is 19.2. The topological polar surface area (TPSA) is 109 Å². The average Bonchev–Trinajstić information content (AvgIpc) is 3.22. The Balaban J connectivity index is 1.79. The quantitative estimate of drug-likeness (QED) is 0.356. The van der Waals surface area contributed by atoms with Crippen LogP contribution in [0.15, 0.2) is 71.6 Å². The number of benzene rings is 3. The van der Waals surface area contributed by atoms with Crippen LogP contribution in [0.4, 0.5) is 5.69 Å². The van der Waals surface area contributed by atoms with E-state index in [2.05, 4.69) is 10.8 Å². The summed E-state index contributed by atoms with van der Waals surface area (Å²) in [5.41, 5.74) is 8.95. The van der Waals surface area contributed by atoms with Crippen molar-refractivity contribution in [1.29, 1.82) is 5.26 Å². The van der Waals surface area contributed by atoms with Crippen LogP contribution in [0.25, 0.3) is 10.2 Å². The van der Waals surface area contributed by atoms with Gasteiger partial charge in [0.15, 0.2) is 0 Å². The van der Waals surface area contributed by atoms with E-state index in [1.54, 1.807) is 36.4 Å². The number of nitrogen functional groups attached to an aromatic ring is 1. The largest absolute Gasteiger partial charge is 0.398 e. The van der Waals surface area contributed by atoms with E-state index in [4.69, 9.17) is 10.7 Å². The first kappa shape index (κ1) is 23.9. The molecular formula is C26H26N4O2S2. The Labute approximate surface area is 204 Å². The van der Waals surface area contributed by atoms with Gasteiger partial charge in [-0.1, -0.05) is 51.1 Å². The first-order valence-electron chi connectivity index (χ1n) is 10.8. The van der Waals surface area contributed by atoms with Crippen molar-refractivity contribution in [2.75, 3.05) is 5.73 Å². The van der Waals surface area contributed by atoms with Crippen LogP contribution in [0, 0.1) is 11.3 Å². The monoisotopic (exact) mass is 490 g/mol. The van der Waals surface area contributed by atoms with Crippen LogP contribution in [-0.4, -0.2) is 13.4 Å². The molecule has 1 unspecified atom stereocenters. The standard InChI is InChI=1S/C26H26N4O2S2/c1-26(2,3)24-19(28)10-7-13-23(24)34(31,32)30-21(15-17-8-6-9-18(14-17)16-27)25-29-20-11-4-5-12-22(20)33-25/h4-14,21,30H,15,28H2,1-3H3.